The van der Waals surface area contributed by atoms with E-state index < -0.39 is 22.9 Å². The molecule has 9 nitrogen and oxygen atoms in total. The first kappa shape index (κ1) is 37.4. The van der Waals surface area contributed by atoms with Gasteiger partial charge in [0.2, 0.25) is 17.7 Å². The third kappa shape index (κ3) is 8.92. The fourth-order valence-corrected chi connectivity index (χ4v) is 6.37. The molecule has 1 fully saturated rings. The summed E-state index contributed by atoms with van der Waals surface area (Å²) in [4.78, 5) is 45.4. The Morgan fingerprint density at radius 1 is 0.977 bits per heavy atom. The topological polar surface area (TPSA) is 100 Å². The second-order valence-corrected chi connectivity index (χ2v) is 14.2. The van der Waals surface area contributed by atoms with Gasteiger partial charge in [-0.15, -0.1) is 0 Å². The molecule has 1 heterocycles. The van der Waals surface area contributed by atoms with Gasteiger partial charge in [0.25, 0.3) is 0 Å². The van der Waals surface area contributed by atoms with Gasteiger partial charge in [0.15, 0.2) is 0 Å². The summed E-state index contributed by atoms with van der Waals surface area (Å²) in [5.41, 5.74) is 0.495. The number of carbonyl (C=O) groups is 3. The third-order valence-electron chi connectivity index (χ3n) is 9.00. The van der Waals surface area contributed by atoms with Gasteiger partial charge in [-0.05, 0) is 43.7 Å². The number of benzene rings is 1. The average molecular weight is 615 g/mol. The van der Waals surface area contributed by atoms with E-state index in [1.807, 2.05) is 96.7 Å². The molecule has 1 aromatic carbocycles. The maximum absolute atomic E-state index is 14.2. The van der Waals surface area contributed by atoms with Crippen LogP contribution in [0.3, 0.4) is 0 Å². The molecule has 44 heavy (non-hydrogen) atoms. The van der Waals surface area contributed by atoms with Crippen molar-refractivity contribution < 1.29 is 23.9 Å². The minimum atomic E-state index is -0.788. The second-order valence-electron chi connectivity index (χ2n) is 14.2. The van der Waals surface area contributed by atoms with Crippen LogP contribution < -0.4 is 10.6 Å². The molecule has 1 saturated heterocycles. The molecule has 5 atom stereocenters. The molecule has 1 aliphatic rings. The Morgan fingerprint density at radius 2 is 1.50 bits per heavy atom. The Kier molecular flexibility index (Phi) is 13.6. The molecule has 1 aromatic rings. The summed E-state index contributed by atoms with van der Waals surface area (Å²) in [5.74, 6) is -0.496. The highest BCUT2D eigenvalue weighted by Crippen LogP contribution is 2.30. The van der Waals surface area contributed by atoms with Crippen LogP contribution in [0.25, 0.3) is 0 Å². The number of ether oxygens (including phenoxy) is 2. The van der Waals surface area contributed by atoms with Crippen molar-refractivity contribution in [2.75, 3.05) is 41.5 Å². The van der Waals surface area contributed by atoms with E-state index in [0.717, 1.165) is 18.4 Å². The number of hydrogen-bond donors (Lipinski definition) is 2. The van der Waals surface area contributed by atoms with Crippen LogP contribution in [0.15, 0.2) is 42.0 Å². The quantitative estimate of drug-likeness (QED) is 0.305. The van der Waals surface area contributed by atoms with Crippen LogP contribution in [0.4, 0.5) is 0 Å². The van der Waals surface area contributed by atoms with Crippen molar-refractivity contribution in [1.29, 1.82) is 0 Å². The predicted octanol–water partition coefficient (Wildman–Crippen LogP) is 4.16. The van der Waals surface area contributed by atoms with Crippen LogP contribution in [0.2, 0.25) is 0 Å². The minimum Gasteiger partial charge on any atom is -0.383 e. The zero-order valence-electron chi connectivity index (χ0n) is 29.2. The predicted molar refractivity (Wildman–Crippen MR) is 176 cm³/mol. The fraction of sp³-hybridized carbons (Fsp3) is 0.686. The minimum absolute atomic E-state index is 0.0198. The monoisotopic (exact) mass is 614 g/mol. The Balaban J connectivity index is 2.36. The van der Waals surface area contributed by atoms with Crippen molar-refractivity contribution in [2.24, 2.45) is 11.3 Å². The van der Waals surface area contributed by atoms with Gasteiger partial charge >= 0.3 is 0 Å². The Bertz CT molecular complexity index is 1110. The SMILES string of the molecule is CN[C@H](C(=O)N[C@H](C(=O)N(C)[C@H](/C=C(\C)C(=O)N1[C@H](COC)CC[C@H]1COC)C(C)C)C(C)(C)C)C(C)(C)c1ccccc1. The number of nitrogens with zero attached hydrogens (tertiary/aromatic N) is 2. The fourth-order valence-electron chi connectivity index (χ4n) is 6.37. The van der Waals surface area contributed by atoms with Crippen LogP contribution in [0.5, 0.6) is 0 Å². The summed E-state index contributed by atoms with van der Waals surface area (Å²) in [6.45, 7) is 16.7. The lowest BCUT2D eigenvalue weighted by atomic mass is 9.76. The maximum Gasteiger partial charge on any atom is 0.249 e. The lowest BCUT2D eigenvalue weighted by molar-refractivity contribution is -0.141. The van der Waals surface area contributed by atoms with Gasteiger partial charge in [-0.25, -0.2) is 0 Å². The third-order valence-corrected chi connectivity index (χ3v) is 9.00. The smallest absolute Gasteiger partial charge is 0.249 e. The van der Waals surface area contributed by atoms with Crippen LogP contribution >= 0.6 is 0 Å². The Hall–Kier alpha value is -2.75. The summed E-state index contributed by atoms with van der Waals surface area (Å²) < 4.78 is 10.8. The molecule has 0 bridgehead atoms. The summed E-state index contributed by atoms with van der Waals surface area (Å²) in [7, 11) is 6.82. The van der Waals surface area contributed by atoms with Crippen molar-refractivity contribution in [1.82, 2.24) is 20.4 Å². The van der Waals surface area contributed by atoms with Gasteiger partial charge in [0.05, 0.1) is 37.4 Å². The summed E-state index contributed by atoms with van der Waals surface area (Å²) in [6, 6.07) is 8.14. The Morgan fingerprint density at radius 3 is 1.93 bits per heavy atom. The van der Waals surface area contributed by atoms with Crippen LogP contribution in [0, 0.1) is 11.3 Å². The number of amides is 3. The van der Waals surface area contributed by atoms with Crippen molar-refractivity contribution in [2.45, 2.75) is 104 Å². The highest BCUT2D eigenvalue weighted by atomic mass is 16.5. The van der Waals surface area contributed by atoms with E-state index >= 15 is 0 Å². The van der Waals surface area contributed by atoms with E-state index in [1.165, 1.54) is 0 Å². The van der Waals surface area contributed by atoms with Gasteiger partial charge in [0, 0.05) is 32.3 Å². The largest absolute Gasteiger partial charge is 0.383 e. The maximum atomic E-state index is 14.2. The van der Waals surface area contributed by atoms with Crippen molar-refractivity contribution in [3.8, 4) is 0 Å². The van der Waals surface area contributed by atoms with E-state index in [2.05, 4.69) is 10.6 Å². The molecule has 0 saturated carbocycles. The standard InChI is InChI=1S/C35H58N4O5/c1-23(2)28(20-24(3)32(41)39-26(21-43-11)18-19-27(39)22-44-12)38(10)33(42)30(34(4,5)6)37-31(40)29(36-9)35(7,8)25-16-14-13-15-17-25/h13-17,20,23,26-30,36H,18-19,21-22H2,1-12H3,(H,37,40)/b24-20+/t26-,27-,28+,29+,30+/m0/s1. The molecule has 248 valence electrons. The van der Waals surface area contributed by atoms with Crippen LogP contribution in [0.1, 0.15) is 73.8 Å². The number of likely N-dealkylation sites (N-methyl/N-ethyl adjacent to an activating group) is 2. The van der Waals surface area contributed by atoms with Gasteiger partial charge in [-0.2, -0.15) is 0 Å². The normalized spacial score (nSPS) is 19.9. The zero-order valence-corrected chi connectivity index (χ0v) is 29.2. The Labute approximate surface area is 266 Å². The first-order chi connectivity index (χ1) is 20.5. The lowest BCUT2D eigenvalue weighted by Crippen LogP contribution is -2.61. The molecule has 0 aromatic heterocycles. The molecule has 3 amide bonds. The van der Waals surface area contributed by atoms with Gasteiger partial charge in [-0.1, -0.05) is 84.9 Å². The number of likely N-dealkylation sites (tertiary alicyclic amines) is 1. The molecule has 1 aliphatic heterocycles. The molecule has 9 heteroatoms. The highest BCUT2D eigenvalue weighted by Gasteiger charge is 2.42. The second kappa shape index (κ2) is 16.0. The summed E-state index contributed by atoms with van der Waals surface area (Å²) in [6.07, 6.45) is 3.61. The number of hydrogen-bond acceptors (Lipinski definition) is 6. The van der Waals surface area contributed by atoms with Gasteiger partial charge in [-0.3, -0.25) is 14.4 Å². The molecule has 2 N–H and O–H groups in total. The van der Waals surface area contributed by atoms with Crippen LogP contribution in [-0.4, -0.2) is 99.3 Å². The average Bonchev–Trinajstić information content (AvgIpc) is 3.35. The van der Waals surface area contributed by atoms with E-state index in [-0.39, 0.29) is 41.8 Å². The van der Waals surface area contributed by atoms with E-state index in [0.29, 0.717) is 18.8 Å². The van der Waals surface area contributed by atoms with Gasteiger partial charge in [0.1, 0.15) is 6.04 Å². The van der Waals surface area contributed by atoms with E-state index in [9.17, 15) is 14.4 Å². The van der Waals surface area contributed by atoms with Crippen molar-refractivity contribution in [3.63, 3.8) is 0 Å². The molecule has 0 spiro atoms. The molecular weight excluding hydrogens is 556 g/mol. The number of carbonyl (C=O) groups excluding carboxylic acids is 3. The molecule has 2 rings (SSSR count). The molecule has 0 unspecified atom stereocenters. The van der Waals surface area contributed by atoms with Crippen LogP contribution in [-0.2, 0) is 29.3 Å². The van der Waals surface area contributed by atoms with Gasteiger partial charge < -0.3 is 29.9 Å². The van der Waals surface area contributed by atoms with Crippen molar-refractivity contribution >= 4 is 17.7 Å². The molecule has 0 aliphatic carbocycles. The lowest BCUT2D eigenvalue weighted by Gasteiger charge is -2.40. The number of nitrogens with one attached hydrogen (secondary N) is 2. The van der Waals surface area contributed by atoms with E-state index in [1.54, 1.807) is 33.2 Å². The number of rotatable bonds is 14. The zero-order chi connectivity index (χ0) is 33.4. The number of methoxy groups -OCH3 is 2. The highest BCUT2D eigenvalue weighted by molar-refractivity contribution is 5.94. The molecule has 0 radical (unpaired) electrons. The first-order valence-electron chi connectivity index (χ1n) is 15.8. The van der Waals surface area contributed by atoms with Crippen molar-refractivity contribution in [3.05, 3.63) is 47.5 Å². The summed E-state index contributed by atoms with van der Waals surface area (Å²) >= 11 is 0. The first-order valence-corrected chi connectivity index (χ1v) is 15.8. The van der Waals surface area contributed by atoms with E-state index in [4.69, 9.17) is 9.47 Å². The molecular formula is C35H58N4O5. The summed E-state index contributed by atoms with van der Waals surface area (Å²) in [5, 5.41) is 6.29.